The Morgan fingerprint density at radius 2 is 2.14 bits per heavy atom. The molecule has 0 aliphatic rings. The first-order chi connectivity index (χ1) is 9.97. The highest BCUT2D eigenvalue weighted by atomic mass is 19.1. The molecule has 8 nitrogen and oxygen atoms in total. The summed E-state index contributed by atoms with van der Waals surface area (Å²) in [6.45, 7) is -0.418. The monoisotopic (exact) mass is 295 g/mol. The number of imidazole rings is 1. The van der Waals surface area contributed by atoms with E-state index < -0.39 is 30.9 Å². The quantitative estimate of drug-likeness (QED) is 0.412. The Bertz CT molecular complexity index is 683. The van der Waals surface area contributed by atoms with Crippen molar-refractivity contribution in [2.75, 3.05) is 12.3 Å². The smallest absolute Gasteiger partial charge is 0.312 e. The molecule has 112 valence electrons. The van der Waals surface area contributed by atoms with Gasteiger partial charge in [0.2, 0.25) is 0 Å². The van der Waals surface area contributed by atoms with Crippen molar-refractivity contribution < 1.29 is 19.7 Å². The van der Waals surface area contributed by atoms with E-state index in [1.54, 1.807) is 0 Å². The molecule has 0 radical (unpaired) electrons. The number of rotatable bonds is 5. The molecule has 5 N–H and O–H groups in total. The van der Waals surface area contributed by atoms with Crippen LogP contribution in [-0.2, 0) is 0 Å². The molecule has 0 saturated heterocycles. The lowest BCUT2D eigenvalue weighted by molar-refractivity contribution is 0.0127. The number of aliphatic hydroxyl groups is 3. The molecule has 0 aliphatic carbocycles. The lowest BCUT2D eigenvalue weighted by atomic mass is 10.0. The van der Waals surface area contributed by atoms with E-state index in [2.05, 4.69) is 20.9 Å². The highest BCUT2D eigenvalue weighted by Gasteiger charge is 2.23. The number of aliphatic hydroxyl groups excluding tert-OH is 3. The minimum atomic E-state index is -1.26. The number of fused-ring (bicyclic) bond motifs is 1. The van der Waals surface area contributed by atoms with Crippen LogP contribution in [0.25, 0.3) is 11.2 Å². The second kappa shape index (κ2) is 6.01. The van der Waals surface area contributed by atoms with E-state index in [9.17, 15) is 14.6 Å². The summed E-state index contributed by atoms with van der Waals surface area (Å²) in [4.78, 5) is 10.7. The van der Waals surface area contributed by atoms with Gasteiger partial charge in [-0.3, -0.25) is 4.57 Å². The topological polar surface area (TPSA) is 130 Å². The molecule has 9 heteroatoms. The van der Waals surface area contributed by atoms with E-state index in [0.29, 0.717) is 0 Å². The molecular weight excluding hydrogens is 281 g/mol. The Morgan fingerprint density at radius 3 is 2.76 bits per heavy atom. The van der Waals surface area contributed by atoms with Crippen LogP contribution in [0.3, 0.4) is 0 Å². The summed E-state index contributed by atoms with van der Waals surface area (Å²) in [5, 5.41) is 28.9. The Balaban J connectivity index is 2.28. The average molecular weight is 295 g/mol. The van der Waals surface area contributed by atoms with Crippen LogP contribution in [-0.4, -0.2) is 47.5 Å². The number of halogens is 1. The molecule has 0 aromatic carbocycles. The van der Waals surface area contributed by atoms with E-state index in [-0.39, 0.29) is 23.4 Å². The van der Waals surface area contributed by atoms with Gasteiger partial charge in [0.15, 0.2) is 17.0 Å². The van der Waals surface area contributed by atoms with Gasteiger partial charge in [0, 0.05) is 6.42 Å². The van der Waals surface area contributed by atoms with Crippen LogP contribution in [0.5, 0.6) is 0 Å². The minimum Gasteiger partial charge on any atom is -0.395 e. The lowest BCUT2D eigenvalue weighted by Crippen LogP contribution is -2.26. The summed E-state index contributed by atoms with van der Waals surface area (Å²) in [5.41, 5.74) is 5.65. The van der Waals surface area contributed by atoms with Crippen LogP contribution in [0.2, 0.25) is 0 Å². The van der Waals surface area contributed by atoms with Gasteiger partial charge in [0.25, 0.3) is 0 Å². The molecule has 3 atom stereocenters. The Kier molecular flexibility index (Phi) is 4.32. The van der Waals surface area contributed by atoms with Crippen LogP contribution in [0, 0.1) is 24.3 Å². The van der Waals surface area contributed by atoms with E-state index in [0.717, 1.165) is 4.57 Å². The first-order valence-electron chi connectivity index (χ1n) is 6.06. The maximum absolute atomic E-state index is 13.2. The zero-order valence-electron chi connectivity index (χ0n) is 10.9. The van der Waals surface area contributed by atoms with E-state index in [4.69, 9.17) is 17.3 Å². The largest absolute Gasteiger partial charge is 0.395 e. The zero-order valence-corrected chi connectivity index (χ0v) is 10.9. The fourth-order valence-electron chi connectivity index (χ4n) is 1.91. The molecule has 21 heavy (non-hydrogen) atoms. The minimum absolute atomic E-state index is 0.000885. The third kappa shape index (κ3) is 2.92. The van der Waals surface area contributed by atoms with Gasteiger partial charge in [-0.2, -0.15) is 14.4 Å². The highest BCUT2D eigenvalue weighted by Crippen LogP contribution is 2.22. The van der Waals surface area contributed by atoms with Crippen molar-refractivity contribution in [3.8, 4) is 12.3 Å². The summed E-state index contributed by atoms with van der Waals surface area (Å²) in [6.07, 6.45) is 2.71. The predicted octanol–water partition coefficient (Wildman–Crippen LogP) is -0.969. The summed E-state index contributed by atoms with van der Waals surface area (Å²) >= 11 is 0. The summed E-state index contributed by atoms with van der Waals surface area (Å²) < 4.78 is 14.3. The Hall–Kier alpha value is -2.28. The summed E-state index contributed by atoms with van der Waals surface area (Å²) in [5.74, 6) is 1.25. The molecule has 2 rings (SSSR count). The maximum atomic E-state index is 13.2. The van der Waals surface area contributed by atoms with Gasteiger partial charge in [-0.1, -0.05) is 5.92 Å². The van der Waals surface area contributed by atoms with Crippen molar-refractivity contribution in [3.63, 3.8) is 0 Å². The first-order valence-corrected chi connectivity index (χ1v) is 6.06. The van der Waals surface area contributed by atoms with Gasteiger partial charge in [-0.25, -0.2) is 4.98 Å². The Labute approximate surface area is 119 Å². The zero-order chi connectivity index (χ0) is 15.6. The predicted molar refractivity (Wildman–Crippen MR) is 71.0 cm³/mol. The van der Waals surface area contributed by atoms with Crippen molar-refractivity contribution in [1.82, 2.24) is 19.5 Å². The molecule has 0 spiro atoms. The second-order valence-corrected chi connectivity index (χ2v) is 4.44. The van der Waals surface area contributed by atoms with E-state index >= 15 is 0 Å². The van der Waals surface area contributed by atoms with Gasteiger partial charge in [-0.05, 0) is 0 Å². The van der Waals surface area contributed by atoms with Gasteiger partial charge in [0.1, 0.15) is 6.23 Å². The van der Waals surface area contributed by atoms with Gasteiger partial charge in [0.05, 0.1) is 25.0 Å². The second-order valence-electron chi connectivity index (χ2n) is 4.44. The van der Waals surface area contributed by atoms with Crippen molar-refractivity contribution >= 4 is 17.0 Å². The number of nitrogen functional groups attached to an aromatic ring is 1. The number of hydrogen-bond donors (Lipinski definition) is 4. The first kappa shape index (κ1) is 15.1. The SMILES string of the molecule is C#CC(CO)[C@@H](O)C[C@@H](O)n1cnc2c(N)nc(F)nc21. The molecule has 1 unspecified atom stereocenters. The van der Waals surface area contributed by atoms with Gasteiger partial charge in [-0.15, -0.1) is 6.42 Å². The fourth-order valence-corrected chi connectivity index (χ4v) is 1.91. The average Bonchev–Trinajstić information content (AvgIpc) is 2.84. The van der Waals surface area contributed by atoms with Gasteiger partial charge >= 0.3 is 6.08 Å². The van der Waals surface area contributed by atoms with Crippen molar-refractivity contribution in [2.24, 2.45) is 5.92 Å². The maximum Gasteiger partial charge on any atom is 0.312 e. The molecular formula is C12H14FN5O3. The molecule has 2 heterocycles. The molecule has 0 aliphatic heterocycles. The van der Waals surface area contributed by atoms with Crippen LogP contribution in [0.1, 0.15) is 12.6 Å². The summed E-state index contributed by atoms with van der Waals surface area (Å²) in [6, 6.07) is 0. The van der Waals surface area contributed by atoms with Crippen LogP contribution in [0.15, 0.2) is 6.33 Å². The standard InChI is InChI=1S/C12H14FN5O3/c1-2-6(4-19)7(20)3-8(21)18-5-15-9-10(14)16-12(13)17-11(9)18/h1,5-8,19-21H,3-4H2,(H2,14,16,17)/t6?,7-,8+/m0/s1. The van der Waals surface area contributed by atoms with Crippen molar-refractivity contribution in [3.05, 3.63) is 12.4 Å². The number of hydrogen-bond acceptors (Lipinski definition) is 7. The van der Waals surface area contributed by atoms with E-state index in [1.165, 1.54) is 6.33 Å². The van der Waals surface area contributed by atoms with Crippen LogP contribution >= 0.6 is 0 Å². The molecule has 2 aromatic rings. The number of nitrogens with zero attached hydrogens (tertiary/aromatic N) is 4. The van der Waals surface area contributed by atoms with Crippen molar-refractivity contribution in [2.45, 2.75) is 18.8 Å². The molecule has 0 amide bonds. The number of anilines is 1. The third-order valence-electron chi connectivity index (χ3n) is 3.07. The summed E-state index contributed by atoms with van der Waals surface area (Å²) in [7, 11) is 0. The van der Waals surface area contributed by atoms with Crippen LogP contribution in [0.4, 0.5) is 10.2 Å². The Morgan fingerprint density at radius 1 is 1.43 bits per heavy atom. The van der Waals surface area contributed by atoms with Crippen LogP contribution < -0.4 is 5.73 Å². The van der Waals surface area contributed by atoms with Gasteiger partial charge < -0.3 is 21.1 Å². The molecule has 0 saturated carbocycles. The molecule has 0 fully saturated rings. The number of terminal acetylenes is 1. The third-order valence-corrected chi connectivity index (χ3v) is 3.07. The number of aromatic nitrogens is 4. The lowest BCUT2D eigenvalue weighted by Gasteiger charge is -2.20. The molecule has 2 aromatic heterocycles. The molecule has 0 bridgehead atoms. The highest BCUT2D eigenvalue weighted by molar-refractivity contribution is 5.81. The number of nitrogens with two attached hydrogens (primary N) is 1. The van der Waals surface area contributed by atoms with E-state index in [1.807, 2.05) is 0 Å². The normalized spacial score (nSPS) is 15.6. The van der Waals surface area contributed by atoms with Crippen molar-refractivity contribution in [1.29, 1.82) is 0 Å². The fraction of sp³-hybridized carbons (Fsp3) is 0.417.